The molecule has 2 heterocycles. The molecule has 8 heteroatoms. The summed E-state index contributed by atoms with van der Waals surface area (Å²) in [7, 11) is 0. The average molecular weight is 431 g/mol. The van der Waals surface area contributed by atoms with Gasteiger partial charge in [0.15, 0.2) is 11.6 Å². The molecule has 5 nitrogen and oxygen atoms in total. The van der Waals surface area contributed by atoms with Gasteiger partial charge in [0.2, 0.25) is 5.91 Å². The van der Waals surface area contributed by atoms with E-state index in [0.717, 1.165) is 62.1 Å². The van der Waals surface area contributed by atoms with Gasteiger partial charge in [0.05, 0.1) is 11.7 Å². The Morgan fingerprint density at radius 1 is 1.10 bits per heavy atom. The number of fused-ring (bicyclic) bond motifs is 1. The van der Waals surface area contributed by atoms with Gasteiger partial charge in [0.25, 0.3) is 0 Å². The highest BCUT2D eigenvalue weighted by atomic mass is 32.1. The third kappa shape index (κ3) is 5.37. The van der Waals surface area contributed by atoms with Crippen molar-refractivity contribution in [2.75, 3.05) is 13.1 Å². The number of piperidine rings is 1. The van der Waals surface area contributed by atoms with Crippen LogP contribution in [0.1, 0.15) is 36.8 Å². The van der Waals surface area contributed by atoms with Crippen LogP contribution in [0, 0.1) is 17.6 Å². The van der Waals surface area contributed by atoms with Gasteiger partial charge in [-0.25, -0.2) is 8.78 Å². The van der Waals surface area contributed by atoms with Gasteiger partial charge in [-0.15, -0.1) is 0 Å². The van der Waals surface area contributed by atoms with E-state index in [1.165, 1.54) is 23.4 Å². The number of carbonyl (C=O) groups excluding carboxylic acids is 1. The Balaban J connectivity index is 1.22. The van der Waals surface area contributed by atoms with E-state index in [1.54, 1.807) is 0 Å². The summed E-state index contributed by atoms with van der Waals surface area (Å²) in [4.78, 5) is 14.6. The monoisotopic (exact) mass is 430 g/mol. The summed E-state index contributed by atoms with van der Waals surface area (Å²) < 4.78 is 34.8. The minimum atomic E-state index is -0.894. The van der Waals surface area contributed by atoms with Crippen LogP contribution in [0.5, 0.6) is 0 Å². The minimum absolute atomic E-state index is 0.0571. The molecule has 0 spiro atoms. The van der Waals surface area contributed by atoms with Crippen LogP contribution in [-0.4, -0.2) is 32.6 Å². The van der Waals surface area contributed by atoms with Crippen molar-refractivity contribution in [1.29, 1.82) is 0 Å². The highest BCUT2D eigenvalue weighted by Gasteiger charge is 2.21. The standard InChI is InChI=1S/C22H24F2N4OS/c23-18-6-3-16(10-19(18)24)12-25-22(29)8-5-15-2-1-9-28(13-15)14-17-4-7-20-21(11-17)27-30-26-20/h3-4,6-7,10-11,15H,1-2,5,8-9,12-14H2,(H,25,29)/t15-/m0/s1. The number of aromatic nitrogens is 2. The molecular formula is C22H24F2N4OS. The van der Waals surface area contributed by atoms with Gasteiger partial charge in [0, 0.05) is 26.1 Å². The molecule has 1 aromatic heterocycles. The van der Waals surface area contributed by atoms with Crippen LogP contribution in [0.4, 0.5) is 8.78 Å². The van der Waals surface area contributed by atoms with Crippen molar-refractivity contribution >= 4 is 28.7 Å². The first-order chi connectivity index (χ1) is 14.6. The molecule has 158 valence electrons. The lowest BCUT2D eigenvalue weighted by Gasteiger charge is -2.32. The number of nitrogens with zero attached hydrogens (tertiary/aromatic N) is 3. The summed E-state index contributed by atoms with van der Waals surface area (Å²) in [6, 6.07) is 9.92. The van der Waals surface area contributed by atoms with Gasteiger partial charge < -0.3 is 5.32 Å². The maximum Gasteiger partial charge on any atom is 0.220 e. The predicted octanol–water partition coefficient (Wildman–Crippen LogP) is 4.28. The zero-order valence-electron chi connectivity index (χ0n) is 16.6. The highest BCUT2D eigenvalue weighted by molar-refractivity contribution is 7.00. The molecule has 1 N–H and O–H groups in total. The summed E-state index contributed by atoms with van der Waals surface area (Å²) in [6.07, 6.45) is 3.53. The molecule has 1 amide bonds. The third-order valence-electron chi connectivity index (χ3n) is 5.58. The Labute approximate surface area is 178 Å². The molecule has 0 bridgehead atoms. The molecule has 1 aliphatic rings. The molecule has 0 radical (unpaired) electrons. The molecule has 0 unspecified atom stereocenters. The SMILES string of the molecule is O=C(CC[C@@H]1CCCN(Cc2ccc3nsnc3c2)C1)NCc1ccc(F)c(F)c1. The van der Waals surface area contributed by atoms with Crippen LogP contribution in [0.3, 0.4) is 0 Å². The quantitative estimate of drug-likeness (QED) is 0.608. The van der Waals surface area contributed by atoms with Crippen LogP contribution >= 0.6 is 11.7 Å². The van der Waals surface area contributed by atoms with E-state index >= 15 is 0 Å². The molecule has 0 saturated carbocycles. The first-order valence-corrected chi connectivity index (χ1v) is 10.9. The van der Waals surface area contributed by atoms with Gasteiger partial charge >= 0.3 is 0 Å². The van der Waals surface area contributed by atoms with Gasteiger partial charge in [-0.2, -0.15) is 8.75 Å². The fourth-order valence-electron chi connectivity index (χ4n) is 3.99. The number of carbonyl (C=O) groups is 1. The molecule has 3 aromatic rings. The summed E-state index contributed by atoms with van der Waals surface area (Å²) in [5, 5.41) is 2.80. The first kappa shape index (κ1) is 20.8. The largest absolute Gasteiger partial charge is 0.352 e. The summed E-state index contributed by atoms with van der Waals surface area (Å²) in [6.45, 7) is 3.13. The second kappa shape index (κ2) is 9.57. The number of rotatable bonds is 7. The maximum absolute atomic E-state index is 13.2. The van der Waals surface area contributed by atoms with Crippen LogP contribution in [-0.2, 0) is 17.9 Å². The molecule has 30 heavy (non-hydrogen) atoms. The normalized spacial score (nSPS) is 17.3. The number of hydrogen-bond donors (Lipinski definition) is 1. The number of hydrogen-bond acceptors (Lipinski definition) is 5. The fourth-order valence-corrected chi connectivity index (χ4v) is 4.51. The summed E-state index contributed by atoms with van der Waals surface area (Å²) >= 11 is 1.23. The summed E-state index contributed by atoms with van der Waals surface area (Å²) in [5.74, 6) is -1.35. The van der Waals surface area contributed by atoms with Crippen molar-refractivity contribution in [2.24, 2.45) is 5.92 Å². The number of amides is 1. The Hall–Kier alpha value is -2.45. The van der Waals surface area contributed by atoms with Crippen LogP contribution in [0.2, 0.25) is 0 Å². The van der Waals surface area contributed by atoms with Crippen LogP contribution < -0.4 is 5.32 Å². The number of likely N-dealkylation sites (tertiary alicyclic amines) is 1. The molecule has 1 aliphatic heterocycles. The van der Waals surface area contributed by atoms with Crippen molar-refractivity contribution in [1.82, 2.24) is 19.0 Å². The number of nitrogens with one attached hydrogen (secondary N) is 1. The predicted molar refractivity (Wildman–Crippen MR) is 113 cm³/mol. The van der Waals surface area contributed by atoms with Crippen LogP contribution in [0.15, 0.2) is 36.4 Å². The van der Waals surface area contributed by atoms with E-state index in [1.807, 2.05) is 6.07 Å². The van der Waals surface area contributed by atoms with Gasteiger partial charge in [-0.05, 0) is 67.1 Å². The lowest BCUT2D eigenvalue weighted by molar-refractivity contribution is -0.121. The molecule has 2 aromatic carbocycles. The van der Waals surface area contributed by atoms with Gasteiger partial charge in [-0.1, -0.05) is 12.1 Å². The summed E-state index contributed by atoms with van der Waals surface area (Å²) in [5.41, 5.74) is 3.68. The molecule has 1 atom stereocenters. The van der Waals surface area contributed by atoms with Crippen molar-refractivity contribution in [3.63, 3.8) is 0 Å². The molecule has 0 aliphatic carbocycles. The van der Waals surface area contributed by atoms with Crippen molar-refractivity contribution in [2.45, 2.75) is 38.8 Å². The highest BCUT2D eigenvalue weighted by Crippen LogP contribution is 2.23. The number of halogens is 2. The zero-order chi connectivity index (χ0) is 20.9. The van der Waals surface area contributed by atoms with Gasteiger partial charge in [0.1, 0.15) is 11.0 Å². The Morgan fingerprint density at radius 2 is 1.93 bits per heavy atom. The van der Waals surface area contributed by atoms with Crippen molar-refractivity contribution < 1.29 is 13.6 Å². The topological polar surface area (TPSA) is 58.1 Å². The molecular weight excluding hydrogens is 406 g/mol. The Kier molecular flexibility index (Phi) is 6.64. The van der Waals surface area contributed by atoms with Crippen LogP contribution in [0.25, 0.3) is 11.0 Å². The molecule has 1 fully saturated rings. The average Bonchev–Trinajstić information content (AvgIpc) is 3.21. The second-order valence-electron chi connectivity index (χ2n) is 7.89. The molecule has 4 rings (SSSR count). The first-order valence-electron chi connectivity index (χ1n) is 10.2. The van der Waals surface area contributed by atoms with E-state index in [9.17, 15) is 13.6 Å². The zero-order valence-corrected chi connectivity index (χ0v) is 17.4. The van der Waals surface area contributed by atoms with E-state index in [-0.39, 0.29) is 12.5 Å². The minimum Gasteiger partial charge on any atom is -0.352 e. The smallest absolute Gasteiger partial charge is 0.220 e. The Bertz CT molecular complexity index is 1030. The lowest BCUT2D eigenvalue weighted by atomic mass is 9.93. The lowest BCUT2D eigenvalue weighted by Crippen LogP contribution is -2.35. The number of benzene rings is 2. The Morgan fingerprint density at radius 3 is 2.80 bits per heavy atom. The van der Waals surface area contributed by atoms with E-state index in [4.69, 9.17) is 0 Å². The maximum atomic E-state index is 13.2. The molecule has 1 saturated heterocycles. The van der Waals surface area contributed by atoms with E-state index < -0.39 is 11.6 Å². The van der Waals surface area contributed by atoms with E-state index in [2.05, 4.69) is 31.1 Å². The third-order valence-corrected chi connectivity index (χ3v) is 6.14. The van der Waals surface area contributed by atoms with Crippen molar-refractivity contribution in [3.8, 4) is 0 Å². The fraction of sp³-hybridized carbons (Fsp3) is 0.409. The van der Waals surface area contributed by atoms with E-state index in [0.29, 0.717) is 17.9 Å². The van der Waals surface area contributed by atoms with Crippen molar-refractivity contribution in [3.05, 3.63) is 59.2 Å². The second-order valence-corrected chi connectivity index (χ2v) is 8.42. The van der Waals surface area contributed by atoms with Gasteiger partial charge in [-0.3, -0.25) is 9.69 Å².